The maximum Gasteiger partial charge on any atom is 0.279 e. The van der Waals surface area contributed by atoms with Gasteiger partial charge in [-0.25, -0.2) is 0 Å². The summed E-state index contributed by atoms with van der Waals surface area (Å²) >= 11 is 6.14. The lowest BCUT2D eigenvalue weighted by Gasteiger charge is -2.37. The maximum atomic E-state index is 12.9. The molecule has 2 aromatic carbocycles. The molecule has 1 unspecified atom stereocenters. The van der Waals surface area contributed by atoms with Crippen molar-refractivity contribution >= 4 is 27.5 Å². The second kappa shape index (κ2) is 8.92. The molecule has 2 aliphatic rings. The van der Waals surface area contributed by atoms with Gasteiger partial charge in [0.25, 0.3) is 10.2 Å². The van der Waals surface area contributed by atoms with Crippen molar-refractivity contribution in [1.29, 1.82) is 5.26 Å². The van der Waals surface area contributed by atoms with Crippen LogP contribution in [-0.2, 0) is 27.9 Å². The quantitative estimate of drug-likeness (QED) is 0.761. The van der Waals surface area contributed by atoms with Crippen molar-refractivity contribution in [3.05, 3.63) is 64.2 Å². The van der Waals surface area contributed by atoms with E-state index in [9.17, 15) is 13.7 Å². The van der Waals surface area contributed by atoms with Crippen molar-refractivity contribution in [1.82, 2.24) is 9.03 Å². The molecule has 2 heterocycles. The summed E-state index contributed by atoms with van der Waals surface area (Å²) in [5.74, 6) is 0. The minimum absolute atomic E-state index is 0.307. The second-order valence-electron chi connectivity index (χ2n) is 7.50. The first-order valence-corrected chi connectivity index (χ1v) is 11.6. The number of benzene rings is 2. The Labute approximate surface area is 182 Å². The molecule has 0 aromatic heterocycles. The van der Waals surface area contributed by atoms with Crippen LogP contribution in [0.1, 0.15) is 16.7 Å². The fraction of sp³-hybridized carbons (Fsp3) is 0.381. The molecule has 30 heavy (non-hydrogen) atoms. The molecule has 1 atom stereocenters. The van der Waals surface area contributed by atoms with Gasteiger partial charge in [-0.15, -0.1) is 0 Å². The van der Waals surface area contributed by atoms with Gasteiger partial charge >= 0.3 is 0 Å². The normalized spacial score (nSPS) is 19.9. The van der Waals surface area contributed by atoms with Crippen LogP contribution in [-0.4, -0.2) is 51.6 Å². The zero-order valence-corrected chi connectivity index (χ0v) is 18.0. The Hall–Kier alpha value is -2.15. The summed E-state index contributed by atoms with van der Waals surface area (Å²) in [6.45, 7) is 2.62. The molecule has 7 nitrogen and oxygen atoms in total. The standard InChI is InChI=1S/C21H23ClN4O3S/c22-19-3-1-2-17(11-19)14-25-15-20(12-18-10-16(13-23)4-5-21(18)25)24-30(27,28)26-6-8-29-9-7-26/h1-5,10-11,20,24H,6-9,12,14-15H2. The van der Waals surface area contributed by atoms with Crippen molar-refractivity contribution in [3.8, 4) is 6.07 Å². The van der Waals surface area contributed by atoms with Crippen LogP contribution in [0, 0.1) is 11.3 Å². The lowest BCUT2D eigenvalue weighted by atomic mass is 9.96. The SMILES string of the molecule is N#Cc1ccc2c(c1)CC(NS(=O)(=O)N1CCOCC1)CN2Cc1cccc(Cl)c1. The minimum Gasteiger partial charge on any atom is -0.379 e. The molecule has 0 bridgehead atoms. The molecule has 2 aromatic rings. The Bertz CT molecular complexity index is 1060. The van der Waals surface area contributed by atoms with Crippen molar-refractivity contribution in [2.24, 2.45) is 0 Å². The highest BCUT2D eigenvalue weighted by Gasteiger charge is 2.31. The predicted molar refractivity (Wildman–Crippen MR) is 116 cm³/mol. The smallest absolute Gasteiger partial charge is 0.279 e. The van der Waals surface area contributed by atoms with E-state index in [1.54, 1.807) is 6.07 Å². The van der Waals surface area contributed by atoms with E-state index in [2.05, 4.69) is 15.7 Å². The third kappa shape index (κ3) is 4.77. The fourth-order valence-corrected chi connectivity index (χ4v) is 5.55. The summed E-state index contributed by atoms with van der Waals surface area (Å²) in [5.41, 5.74) is 3.57. The van der Waals surface area contributed by atoms with Gasteiger partial charge in [-0.1, -0.05) is 23.7 Å². The number of morpholine rings is 1. The minimum atomic E-state index is -3.61. The first kappa shape index (κ1) is 21.1. The van der Waals surface area contributed by atoms with E-state index in [1.165, 1.54) is 4.31 Å². The molecule has 0 aliphatic carbocycles. The number of nitrogens with one attached hydrogen (secondary N) is 1. The second-order valence-corrected chi connectivity index (χ2v) is 9.64. The Balaban J connectivity index is 1.59. The van der Waals surface area contributed by atoms with E-state index in [1.807, 2.05) is 36.4 Å². The number of nitrogens with zero attached hydrogens (tertiary/aromatic N) is 3. The molecule has 0 spiro atoms. The Morgan fingerprint density at radius 3 is 2.73 bits per heavy atom. The fourth-order valence-electron chi connectivity index (χ4n) is 3.98. The molecule has 158 valence electrons. The van der Waals surface area contributed by atoms with Crippen LogP contribution in [0.4, 0.5) is 5.69 Å². The molecular weight excluding hydrogens is 424 g/mol. The summed E-state index contributed by atoms with van der Waals surface area (Å²) < 4.78 is 35.3. The van der Waals surface area contributed by atoms with Crippen LogP contribution >= 0.6 is 11.6 Å². The summed E-state index contributed by atoms with van der Waals surface area (Å²) in [7, 11) is -3.61. The lowest BCUT2D eigenvalue weighted by molar-refractivity contribution is 0.0723. The van der Waals surface area contributed by atoms with E-state index >= 15 is 0 Å². The first-order chi connectivity index (χ1) is 14.4. The number of fused-ring (bicyclic) bond motifs is 1. The van der Waals surface area contributed by atoms with Crippen LogP contribution in [0.25, 0.3) is 0 Å². The number of nitriles is 1. The van der Waals surface area contributed by atoms with Gasteiger partial charge in [0, 0.05) is 42.9 Å². The molecule has 4 rings (SSSR count). The average molecular weight is 447 g/mol. The molecule has 0 saturated carbocycles. The summed E-state index contributed by atoms with van der Waals surface area (Å²) in [6, 6.07) is 15.1. The van der Waals surface area contributed by atoms with Crippen LogP contribution in [0.15, 0.2) is 42.5 Å². The largest absolute Gasteiger partial charge is 0.379 e. The van der Waals surface area contributed by atoms with Crippen LogP contribution in [0.2, 0.25) is 5.02 Å². The highest BCUT2D eigenvalue weighted by atomic mass is 35.5. The van der Waals surface area contributed by atoms with Gasteiger partial charge < -0.3 is 9.64 Å². The van der Waals surface area contributed by atoms with Gasteiger partial charge in [0.15, 0.2) is 0 Å². The van der Waals surface area contributed by atoms with Gasteiger partial charge in [-0.3, -0.25) is 0 Å². The molecular formula is C21H23ClN4O3S. The van der Waals surface area contributed by atoms with Gasteiger partial charge in [0.2, 0.25) is 0 Å². The molecule has 1 saturated heterocycles. The Morgan fingerprint density at radius 2 is 2.00 bits per heavy atom. The lowest BCUT2D eigenvalue weighted by Crippen LogP contribution is -2.54. The van der Waals surface area contributed by atoms with E-state index in [0.717, 1.165) is 16.8 Å². The number of ether oxygens (including phenoxy) is 1. The molecule has 0 amide bonds. The van der Waals surface area contributed by atoms with E-state index in [4.69, 9.17) is 16.3 Å². The topological polar surface area (TPSA) is 85.7 Å². The molecule has 1 N–H and O–H groups in total. The number of rotatable bonds is 5. The zero-order chi connectivity index (χ0) is 21.1. The number of hydrogen-bond donors (Lipinski definition) is 1. The molecule has 1 fully saturated rings. The average Bonchev–Trinajstić information content (AvgIpc) is 2.73. The molecule has 0 radical (unpaired) electrons. The Kier molecular flexibility index (Phi) is 6.27. The molecule has 9 heteroatoms. The van der Waals surface area contributed by atoms with Crippen molar-refractivity contribution < 1.29 is 13.2 Å². The molecule has 2 aliphatic heterocycles. The maximum absolute atomic E-state index is 12.9. The number of anilines is 1. The summed E-state index contributed by atoms with van der Waals surface area (Å²) in [6.07, 6.45) is 0.528. The van der Waals surface area contributed by atoms with Crippen LogP contribution < -0.4 is 9.62 Å². The number of hydrogen-bond acceptors (Lipinski definition) is 5. The van der Waals surface area contributed by atoms with Gasteiger partial charge in [-0.2, -0.15) is 22.7 Å². The highest BCUT2D eigenvalue weighted by molar-refractivity contribution is 7.87. The summed E-state index contributed by atoms with van der Waals surface area (Å²) in [4.78, 5) is 2.14. The highest BCUT2D eigenvalue weighted by Crippen LogP contribution is 2.30. The van der Waals surface area contributed by atoms with E-state index < -0.39 is 10.2 Å². The predicted octanol–water partition coefficient (Wildman–Crippen LogP) is 2.31. The van der Waals surface area contributed by atoms with Crippen LogP contribution in [0.5, 0.6) is 0 Å². The van der Waals surface area contributed by atoms with Gasteiger partial charge in [0.1, 0.15) is 0 Å². The van der Waals surface area contributed by atoms with Gasteiger partial charge in [-0.05, 0) is 47.9 Å². The monoisotopic (exact) mass is 446 g/mol. The Morgan fingerprint density at radius 1 is 1.20 bits per heavy atom. The third-order valence-electron chi connectivity index (χ3n) is 5.34. The number of halogens is 1. The van der Waals surface area contributed by atoms with Crippen molar-refractivity contribution in [3.63, 3.8) is 0 Å². The van der Waals surface area contributed by atoms with E-state index in [-0.39, 0.29) is 6.04 Å². The van der Waals surface area contributed by atoms with E-state index in [0.29, 0.717) is 56.4 Å². The summed E-state index contributed by atoms with van der Waals surface area (Å²) in [5, 5.41) is 9.95. The third-order valence-corrected chi connectivity index (χ3v) is 7.26. The van der Waals surface area contributed by atoms with Crippen molar-refractivity contribution in [2.45, 2.75) is 19.0 Å². The van der Waals surface area contributed by atoms with Gasteiger partial charge in [0.05, 0.1) is 24.8 Å². The zero-order valence-electron chi connectivity index (χ0n) is 16.4. The van der Waals surface area contributed by atoms with Crippen LogP contribution in [0.3, 0.4) is 0 Å². The first-order valence-electron chi connectivity index (χ1n) is 9.82. The van der Waals surface area contributed by atoms with Crippen molar-refractivity contribution in [2.75, 3.05) is 37.7 Å².